The molecule has 0 atom stereocenters. The number of benzene rings is 1. The quantitative estimate of drug-likeness (QED) is 0.425. The van der Waals surface area contributed by atoms with Crippen LogP contribution in [-0.4, -0.2) is 15.9 Å². The molecule has 0 saturated carbocycles. The van der Waals surface area contributed by atoms with Crippen LogP contribution in [-0.2, 0) is 0 Å². The zero-order chi connectivity index (χ0) is 9.97. The van der Waals surface area contributed by atoms with Crippen molar-refractivity contribution in [3.05, 3.63) is 36.0 Å². The average molecular weight is 188 g/mol. The number of hydrogen-bond acceptors (Lipinski definition) is 2. The van der Waals surface area contributed by atoms with Gasteiger partial charge in [-0.3, -0.25) is 0 Å². The van der Waals surface area contributed by atoms with Gasteiger partial charge in [0.1, 0.15) is 0 Å². The summed E-state index contributed by atoms with van der Waals surface area (Å²) in [4.78, 5) is 3.15. The van der Waals surface area contributed by atoms with E-state index in [9.17, 15) is 0 Å². The van der Waals surface area contributed by atoms with Gasteiger partial charge in [-0.1, -0.05) is 30.3 Å². The summed E-state index contributed by atoms with van der Waals surface area (Å²) in [6.45, 7) is 1.97. The number of aromatic amines is 1. The Kier molecular flexibility index (Phi) is 2.23. The highest BCUT2D eigenvalue weighted by molar-refractivity contribution is 6.10. The first-order valence-electron chi connectivity index (χ1n) is 4.64. The van der Waals surface area contributed by atoms with Crippen LogP contribution in [0.4, 0.5) is 0 Å². The van der Waals surface area contributed by atoms with E-state index in [0.717, 1.165) is 22.9 Å². The summed E-state index contributed by atoms with van der Waals surface area (Å²) < 4.78 is 0. The lowest BCUT2D eigenvalue weighted by atomic mass is 10.1. The third-order valence-corrected chi connectivity index (χ3v) is 2.36. The van der Waals surface area contributed by atoms with Gasteiger partial charge in [0.2, 0.25) is 0 Å². The van der Waals surface area contributed by atoms with Crippen LogP contribution < -0.4 is 0 Å². The van der Waals surface area contributed by atoms with E-state index in [4.69, 9.17) is 5.21 Å². The number of hydrogen-bond donors (Lipinski definition) is 2. The standard InChI is InChI=1S/C11H12N2O/c1-2-10(13-14)9-7-12-11-6-4-3-5-8(9)11/h3-7,12,14H,2H2,1H3/b13-10+. The second kappa shape index (κ2) is 3.54. The first-order chi connectivity index (χ1) is 6.86. The van der Waals surface area contributed by atoms with Crippen molar-refractivity contribution in [2.75, 3.05) is 0 Å². The molecule has 0 spiro atoms. The molecular weight excluding hydrogens is 176 g/mol. The maximum atomic E-state index is 8.83. The molecule has 0 aliphatic carbocycles. The minimum absolute atomic E-state index is 0.711. The summed E-state index contributed by atoms with van der Waals surface area (Å²) in [5.41, 5.74) is 2.75. The fraction of sp³-hybridized carbons (Fsp3) is 0.182. The van der Waals surface area contributed by atoms with Crippen LogP contribution in [0.25, 0.3) is 10.9 Å². The van der Waals surface area contributed by atoms with E-state index in [-0.39, 0.29) is 0 Å². The van der Waals surface area contributed by atoms with Gasteiger partial charge in [0.25, 0.3) is 0 Å². The molecule has 2 aromatic rings. The molecule has 3 nitrogen and oxygen atoms in total. The monoisotopic (exact) mass is 188 g/mol. The fourth-order valence-corrected chi connectivity index (χ4v) is 1.63. The summed E-state index contributed by atoms with van der Waals surface area (Å²) >= 11 is 0. The third-order valence-electron chi connectivity index (χ3n) is 2.36. The summed E-state index contributed by atoms with van der Waals surface area (Å²) in [5.74, 6) is 0. The Morgan fingerprint density at radius 3 is 2.93 bits per heavy atom. The smallest absolute Gasteiger partial charge is 0.0886 e. The lowest BCUT2D eigenvalue weighted by Crippen LogP contribution is -1.96. The van der Waals surface area contributed by atoms with Crippen LogP contribution in [0.3, 0.4) is 0 Å². The predicted molar refractivity (Wildman–Crippen MR) is 56.9 cm³/mol. The first kappa shape index (κ1) is 8.81. The number of oxime groups is 1. The molecule has 0 aliphatic rings. The summed E-state index contributed by atoms with van der Waals surface area (Å²) in [5, 5.41) is 13.2. The van der Waals surface area contributed by atoms with Crippen LogP contribution in [0.5, 0.6) is 0 Å². The number of nitrogens with zero attached hydrogens (tertiary/aromatic N) is 1. The molecule has 0 aliphatic heterocycles. The summed E-state index contributed by atoms with van der Waals surface area (Å²) in [6, 6.07) is 7.97. The van der Waals surface area contributed by atoms with E-state index in [1.54, 1.807) is 0 Å². The topological polar surface area (TPSA) is 48.4 Å². The second-order valence-electron chi connectivity index (χ2n) is 3.15. The van der Waals surface area contributed by atoms with E-state index in [2.05, 4.69) is 10.1 Å². The van der Waals surface area contributed by atoms with E-state index < -0.39 is 0 Å². The third kappa shape index (κ3) is 1.27. The van der Waals surface area contributed by atoms with E-state index in [0.29, 0.717) is 5.71 Å². The van der Waals surface area contributed by atoms with Crippen LogP contribution >= 0.6 is 0 Å². The molecule has 0 saturated heterocycles. The van der Waals surface area contributed by atoms with Crippen LogP contribution in [0.1, 0.15) is 18.9 Å². The molecule has 0 radical (unpaired) electrons. The molecule has 0 fully saturated rings. The molecule has 0 amide bonds. The summed E-state index contributed by atoms with van der Waals surface area (Å²) in [7, 11) is 0. The van der Waals surface area contributed by atoms with Crippen LogP contribution in [0.15, 0.2) is 35.6 Å². The minimum atomic E-state index is 0.711. The fourth-order valence-electron chi connectivity index (χ4n) is 1.63. The molecule has 1 heterocycles. The number of para-hydroxylation sites is 1. The molecule has 1 aromatic heterocycles. The van der Waals surface area contributed by atoms with Crippen molar-refractivity contribution >= 4 is 16.6 Å². The van der Waals surface area contributed by atoms with Gasteiger partial charge in [-0.25, -0.2) is 0 Å². The van der Waals surface area contributed by atoms with Crippen LogP contribution in [0, 0.1) is 0 Å². The highest BCUT2D eigenvalue weighted by atomic mass is 16.4. The maximum absolute atomic E-state index is 8.83. The largest absolute Gasteiger partial charge is 0.411 e. The van der Waals surface area contributed by atoms with Crippen molar-refractivity contribution in [3.8, 4) is 0 Å². The predicted octanol–water partition coefficient (Wildman–Crippen LogP) is 2.76. The van der Waals surface area contributed by atoms with Crippen molar-refractivity contribution in [3.63, 3.8) is 0 Å². The van der Waals surface area contributed by atoms with Gasteiger partial charge in [-0.05, 0) is 12.5 Å². The molecule has 1 aromatic carbocycles. The lowest BCUT2D eigenvalue weighted by Gasteiger charge is -1.97. The molecule has 0 unspecified atom stereocenters. The van der Waals surface area contributed by atoms with E-state index in [1.165, 1.54) is 0 Å². The molecule has 2 N–H and O–H groups in total. The van der Waals surface area contributed by atoms with Crippen LogP contribution in [0.2, 0.25) is 0 Å². The Morgan fingerprint density at radius 1 is 1.43 bits per heavy atom. The highest BCUT2D eigenvalue weighted by Gasteiger charge is 2.07. The molecular formula is C11H12N2O. The molecule has 2 rings (SSSR count). The van der Waals surface area contributed by atoms with Gasteiger partial charge in [0.05, 0.1) is 5.71 Å². The van der Waals surface area contributed by atoms with E-state index in [1.807, 2.05) is 37.4 Å². The normalized spacial score (nSPS) is 12.2. The lowest BCUT2D eigenvalue weighted by molar-refractivity contribution is 0.318. The molecule has 0 bridgehead atoms. The molecule has 14 heavy (non-hydrogen) atoms. The molecule has 3 heteroatoms. The average Bonchev–Trinajstić information content (AvgIpc) is 2.65. The number of nitrogens with one attached hydrogen (secondary N) is 1. The number of H-pyrrole nitrogens is 1. The highest BCUT2D eigenvalue weighted by Crippen LogP contribution is 2.19. The van der Waals surface area contributed by atoms with Crippen molar-refractivity contribution in [2.45, 2.75) is 13.3 Å². The number of fused-ring (bicyclic) bond motifs is 1. The zero-order valence-electron chi connectivity index (χ0n) is 7.99. The Morgan fingerprint density at radius 2 is 2.21 bits per heavy atom. The zero-order valence-corrected chi connectivity index (χ0v) is 7.99. The Hall–Kier alpha value is -1.77. The SMILES string of the molecule is CC/C(=N\O)c1c[nH]c2ccccc12. The number of aromatic nitrogens is 1. The summed E-state index contributed by atoms with van der Waals surface area (Å²) in [6.07, 6.45) is 2.60. The van der Waals surface area contributed by atoms with Crippen molar-refractivity contribution in [2.24, 2.45) is 5.16 Å². The van der Waals surface area contributed by atoms with Gasteiger partial charge in [-0.15, -0.1) is 0 Å². The molecule has 72 valence electrons. The van der Waals surface area contributed by atoms with Gasteiger partial charge in [0, 0.05) is 22.7 Å². The number of rotatable bonds is 2. The Balaban J connectivity index is 2.63. The van der Waals surface area contributed by atoms with Crippen molar-refractivity contribution < 1.29 is 5.21 Å². The van der Waals surface area contributed by atoms with Gasteiger partial charge >= 0.3 is 0 Å². The van der Waals surface area contributed by atoms with Crippen molar-refractivity contribution in [1.82, 2.24) is 4.98 Å². The van der Waals surface area contributed by atoms with Gasteiger partial charge in [0.15, 0.2) is 0 Å². The maximum Gasteiger partial charge on any atom is 0.0886 e. The van der Waals surface area contributed by atoms with Crippen molar-refractivity contribution in [1.29, 1.82) is 0 Å². The van der Waals surface area contributed by atoms with Gasteiger partial charge < -0.3 is 10.2 Å². The Bertz CT molecular complexity index is 471. The second-order valence-corrected chi connectivity index (χ2v) is 3.15. The van der Waals surface area contributed by atoms with E-state index >= 15 is 0 Å². The first-order valence-corrected chi connectivity index (χ1v) is 4.64. The van der Waals surface area contributed by atoms with Gasteiger partial charge in [-0.2, -0.15) is 0 Å². The minimum Gasteiger partial charge on any atom is -0.411 e. The Labute approximate surface area is 82.1 Å².